The predicted octanol–water partition coefficient (Wildman–Crippen LogP) is 2.04. The number of aromatic nitrogens is 2. The van der Waals surface area contributed by atoms with Crippen LogP contribution in [0.15, 0.2) is 12.7 Å². The summed E-state index contributed by atoms with van der Waals surface area (Å²) in [6.07, 6.45) is 5.56. The molecule has 1 aromatic heterocycles. The van der Waals surface area contributed by atoms with Crippen molar-refractivity contribution in [3.8, 4) is 0 Å². The number of amides is 1. The minimum atomic E-state index is -0.223. The molecule has 22 heavy (non-hydrogen) atoms. The zero-order valence-electron chi connectivity index (χ0n) is 14.1. The van der Waals surface area contributed by atoms with E-state index in [1.54, 1.807) is 0 Å². The lowest BCUT2D eigenvalue weighted by molar-refractivity contribution is -0.121. The molecule has 5 heteroatoms. The van der Waals surface area contributed by atoms with Gasteiger partial charge in [0.1, 0.15) is 11.6 Å². The summed E-state index contributed by atoms with van der Waals surface area (Å²) >= 11 is 0. The zero-order valence-corrected chi connectivity index (χ0v) is 14.1. The summed E-state index contributed by atoms with van der Waals surface area (Å²) in [5.41, 5.74) is 2.10. The third-order valence-corrected chi connectivity index (χ3v) is 3.54. The number of aryl methyl sites for hydroxylation is 1. The Balaban J connectivity index is 2.20. The van der Waals surface area contributed by atoms with Crippen LogP contribution < -0.4 is 10.2 Å². The Morgan fingerprint density at radius 1 is 1.36 bits per heavy atom. The molecule has 5 nitrogen and oxygen atoms in total. The Labute approximate surface area is 132 Å². The normalized spacial score (nSPS) is 13.6. The standard InChI is InChI=1S/C17H26N4O/c1-6-8-14-18-13-10-7-9-12(13)16(19-14)21(5)11-15(22)20-17(2,3)4/h6H,1,7-11H2,2-5H3,(H,20,22). The summed E-state index contributed by atoms with van der Waals surface area (Å²) in [6, 6.07) is 0. The Kier molecular flexibility index (Phi) is 4.84. The topological polar surface area (TPSA) is 58.1 Å². The quantitative estimate of drug-likeness (QED) is 0.846. The van der Waals surface area contributed by atoms with E-state index in [2.05, 4.69) is 21.9 Å². The smallest absolute Gasteiger partial charge is 0.239 e. The van der Waals surface area contributed by atoms with E-state index < -0.39 is 0 Å². The Hall–Kier alpha value is -1.91. The Morgan fingerprint density at radius 2 is 2.09 bits per heavy atom. The maximum absolute atomic E-state index is 12.1. The summed E-state index contributed by atoms with van der Waals surface area (Å²) in [5.74, 6) is 1.68. The van der Waals surface area contributed by atoms with Crippen LogP contribution in [-0.4, -0.2) is 35.0 Å². The molecule has 0 spiro atoms. The lowest BCUT2D eigenvalue weighted by atomic mass is 10.1. The Bertz CT molecular complexity index is 575. The summed E-state index contributed by atoms with van der Waals surface area (Å²) < 4.78 is 0. The lowest BCUT2D eigenvalue weighted by Gasteiger charge is -2.25. The van der Waals surface area contributed by atoms with Crippen molar-refractivity contribution in [3.05, 3.63) is 29.7 Å². The molecule has 0 aliphatic heterocycles. The van der Waals surface area contributed by atoms with E-state index in [9.17, 15) is 4.79 Å². The van der Waals surface area contributed by atoms with Gasteiger partial charge < -0.3 is 10.2 Å². The molecule has 1 heterocycles. The molecule has 0 atom stereocenters. The average Bonchev–Trinajstić information content (AvgIpc) is 2.83. The summed E-state index contributed by atoms with van der Waals surface area (Å²) in [4.78, 5) is 23.3. The molecular formula is C17H26N4O. The molecule has 1 aliphatic carbocycles. The summed E-state index contributed by atoms with van der Waals surface area (Å²) in [7, 11) is 1.92. The predicted molar refractivity (Wildman–Crippen MR) is 89.1 cm³/mol. The highest BCUT2D eigenvalue weighted by atomic mass is 16.2. The molecule has 0 bridgehead atoms. The van der Waals surface area contributed by atoms with E-state index >= 15 is 0 Å². The van der Waals surface area contributed by atoms with E-state index in [1.807, 2.05) is 38.8 Å². The van der Waals surface area contributed by atoms with Gasteiger partial charge in [-0.3, -0.25) is 4.79 Å². The number of nitrogens with one attached hydrogen (secondary N) is 1. The van der Waals surface area contributed by atoms with Crippen LogP contribution in [0.4, 0.5) is 5.82 Å². The van der Waals surface area contributed by atoms with Gasteiger partial charge in [0.15, 0.2) is 0 Å². The van der Waals surface area contributed by atoms with E-state index in [0.717, 1.165) is 36.6 Å². The van der Waals surface area contributed by atoms with Gasteiger partial charge in [0.05, 0.1) is 6.54 Å². The van der Waals surface area contributed by atoms with Gasteiger partial charge in [0, 0.05) is 30.3 Å². The fraction of sp³-hybridized carbons (Fsp3) is 0.588. The van der Waals surface area contributed by atoms with Crippen molar-refractivity contribution in [2.45, 2.75) is 52.0 Å². The molecule has 1 aromatic rings. The number of rotatable bonds is 5. The number of hydrogen-bond donors (Lipinski definition) is 1. The fourth-order valence-electron chi connectivity index (χ4n) is 2.75. The van der Waals surface area contributed by atoms with Gasteiger partial charge in [0.25, 0.3) is 0 Å². The monoisotopic (exact) mass is 302 g/mol. The van der Waals surface area contributed by atoms with Crippen LogP contribution in [0.2, 0.25) is 0 Å². The van der Waals surface area contributed by atoms with E-state index in [-0.39, 0.29) is 11.4 Å². The maximum atomic E-state index is 12.1. The van der Waals surface area contributed by atoms with E-state index in [0.29, 0.717) is 13.0 Å². The van der Waals surface area contributed by atoms with Crippen LogP contribution in [-0.2, 0) is 24.1 Å². The number of allylic oxidation sites excluding steroid dienone is 1. The highest BCUT2D eigenvalue weighted by Crippen LogP contribution is 2.28. The molecule has 1 amide bonds. The van der Waals surface area contributed by atoms with Gasteiger partial charge in [-0.1, -0.05) is 6.08 Å². The second kappa shape index (κ2) is 6.46. The summed E-state index contributed by atoms with van der Waals surface area (Å²) in [6.45, 7) is 10.00. The van der Waals surface area contributed by atoms with Crippen molar-refractivity contribution in [1.29, 1.82) is 0 Å². The molecule has 120 valence electrons. The van der Waals surface area contributed by atoms with Crippen molar-refractivity contribution in [2.75, 3.05) is 18.5 Å². The van der Waals surface area contributed by atoms with Crippen LogP contribution >= 0.6 is 0 Å². The first-order valence-electron chi connectivity index (χ1n) is 7.82. The minimum absolute atomic E-state index is 0.00521. The largest absolute Gasteiger partial charge is 0.350 e. The first kappa shape index (κ1) is 16.5. The molecule has 1 N–H and O–H groups in total. The maximum Gasteiger partial charge on any atom is 0.239 e. The number of anilines is 1. The first-order chi connectivity index (χ1) is 10.3. The molecule has 0 radical (unpaired) electrons. The van der Waals surface area contributed by atoms with Crippen molar-refractivity contribution >= 4 is 11.7 Å². The van der Waals surface area contributed by atoms with Crippen LogP contribution in [0.5, 0.6) is 0 Å². The van der Waals surface area contributed by atoms with Gasteiger partial charge in [-0.15, -0.1) is 6.58 Å². The van der Waals surface area contributed by atoms with Gasteiger partial charge in [0.2, 0.25) is 5.91 Å². The number of carbonyl (C=O) groups excluding carboxylic acids is 1. The van der Waals surface area contributed by atoms with Gasteiger partial charge in [-0.25, -0.2) is 9.97 Å². The second-order valence-electron chi connectivity index (χ2n) is 6.89. The van der Waals surface area contributed by atoms with Crippen LogP contribution in [0.25, 0.3) is 0 Å². The first-order valence-corrected chi connectivity index (χ1v) is 7.82. The fourth-order valence-corrected chi connectivity index (χ4v) is 2.75. The number of likely N-dealkylation sites (N-methyl/N-ethyl adjacent to an activating group) is 1. The molecule has 0 unspecified atom stereocenters. The average molecular weight is 302 g/mol. The molecule has 0 fully saturated rings. The molecule has 0 saturated carbocycles. The van der Waals surface area contributed by atoms with E-state index in [4.69, 9.17) is 0 Å². The number of carbonyl (C=O) groups is 1. The van der Waals surface area contributed by atoms with Crippen molar-refractivity contribution in [1.82, 2.24) is 15.3 Å². The minimum Gasteiger partial charge on any atom is -0.350 e. The summed E-state index contributed by atoms with van der Waals surface area (Å²) in [5, 5.41) is 2.99. The third kappa shape index (κ3) is 4.06. The number of nitrogens with zero attached hydrogens (tertiary/aromatic N) is 3. The number of hydrogen-bond acceptors (Lipinski definition) is 4. The molecular weight excluding hydrogens is 276 g/mol. The van der Waals surface area contributed by atoms with Crippen LogP contribution in [0.1, 0.15) is 44.3 Å². The van der Waals surface area contributed by atoms with Crippen LogP contribution in [0.3, 0.4) is 0 Å². The van der Waals surface area contributed by atoms with Crippen LogP contribution in [0, 0.1) is 0 Å². The highest BCUT2D eigenvalue weighted by molar-refractivity contribution is 5.81. The van der Waals surface area contributed by atoms with Crippen molar-refractivity contribution in [3.63, 3.8) is 0 Å². The van der Waals surface area contributed by atoms with Gasteiger partial charge >= 0.3 is 0 Å². The van der Waals surface area contributed by atoms with Gasteiger partial charge in [-0.2, -0.15) is 0 Å². The zero-order chi connectivity index (χ0) is 16.3. The highest BCUT2D eigenvalue weighted by Gasteiger charge is 2.23. The van der Waals surface area contributed by atoms with Crippen molar-refractivity contribution < 1.29 is 4.79 Å². The second-order valence-corrected chi connectivity index (χ2v) is 6.89. The molecule has 0 aromatic carbocycles. The lowest BCUT2D eigenvalue weighted by Crippen LogP contribution is -2.45. The molecule has 1 aliphatic rings. The third-order valence-electron chi connectivity index (χ3n) is 3.54. The number of fused-ring (bicyclic) bond motifs is 1. The SMILES string of the molecule is C=CCc1nc2c(c(N(C)CC(=O)NC(C)(C)C)n1)CCC2. The molecule has 2 rings (SSSR count). The Morgan fingerprint density at radius 3 is 2.73 bits per heavy atom. The molecule has 0 saturated heterocycles. The van der Waals surface area contributed by atoms with E-state index in [1.165, 1.54) is 5.56 Å². The van der Waals surface area contributed by atoms with Crippen molar-refractivity contribution in [2.24, 2.45) is 0 Å². The van der Waals surface area contributed by atoms with Gasteiger partial charge in [-0.05, 0) is 40.0 Å².